The number of carbonyl (C=O) groups is 4. The summed E-state index contributed by atoms with van der Waals surface area (Å²) in [5.41, 5.74) is 1.53. The number of carboxylic acid groups (broad SMARTS) is 1. The summed E-state index contributed by atoms with van der Waals surface area (Å²) in [6.07, 6.45) is 2.90. The molecule has 2 unspecified atom stereocenters. The minimum Gasteiger partial charge on any atom is -0.481 e. The Labute approximate surface area is 157 Å². The number of hydrogen-bond acceptors (Lipinski definition) is 4. The third-order valence-corrected chi connectivity index (χ3v) is 5.42. The summed E-state index contributed by atoms with van der Waals surface area (Å²) in [5.74, 6) is -2.08. The predicted octanol–water partition coefficient (Wildman–Crippen LogP) is 2.23. The molecule has 1 aromatic rings. The number of hydrogen-bond donors (Lipinski definition) is 1. The molecule has 1 fully saturated rings. The number of carboxylic acids is 1. The molecule has 1 saturated heterocycles. The van der Waals surface area contributed by atoms with Crippen LogP contribution in [0.4, 0.5) is 0 Å². The Morgan fingerprint density at radius 1 is 1.19 bits per heavy atom. The first-order chi connectivity index (χ1) is 12.8. The van der Waals surface area contributed by atoms with Crippen molar-refractivity contribution in [2.75, 3.05) is 6.54 Å². The van der Waals surface area contributed by atoms with E-state index in [-0.39, 0.29) is 18.4 Å². The number of aliphatic carboxylic acids is 1. The van der Waals surface area contributed by atoms with E-state index in [0.717, 1.165) is 29.7 Å². The van der Waals surface area contributed by atoms with Gasteiger partial charge in [0.1, 0.15) is 6.04 Å². The zero-order valence-electron chi connectivity index (χ0n) is 15.6. The third kappa shape index (κ3) is 3.59. The summed E-state index contributed by atoms with van der Waals surface area (Å²) >= 11 is 0. The maximum Gasteiger partial charge on any atom is 0.303 e. The van der Waals surface area contributed by atoms with Crippen LogP contribution < -0.4 is 0 Å². The zero-order chi connectivity index (χ0) is 19.7. The van der Waals surface area contributed by atoms with Crippen molar-refractivity contribution in [1.82, 2.24) is 9.80 Å². The molecule has 2 atom stereocenters. The first kappa shape index (κ1) is 19.1. The molecule has 3 amide bonds. The SMILES string of the molecule is Cc1ccc2c(c1)C(=O)N(C(C)C(=O)N1CCCCC1CCC(=O)O)C2=O. The van der Waals surface area contributed by atoms with Gasteiger partial charge in [-0.15, -0.1) is 0 Å². The predicted molar refractivity (Wildman–Crippen MR) is 97.4 cm³/mol. The Balaban J connectivity index is 1.79. The van der Waals surface area contributed by atoms with E-state index in [2.05, 4.69) is 0 Å². The Morgan fingerprint density at radius 2 is 1.89 bits per heavy atom. The minimum atomic E-state index is -0.914. The van der Waals surface area contributed by atoms with Crippen LogP contribution in [0.15, 0.2) is 18.2 Å². The molecule has 144 valence electrons. The van der Waals surface area contributed by atoms with Gasteiger partial charge in [-0.2, -0.15) is 0 Å². The van der Waals surface area contributed by atoms with Crippen molar-refractivity contribution in [3.63, 3.8) is 0 Å². The second-order valence-electron chi connectivity index (χ2n) is 7.32. The number of imide groups is 1. The van der Waals surface area contributed by atoms with E-state index < -0.39 is 23.8 Å². The molecular formula is C20H24N2O5. The van der Waals surface area contributed by atoms with Crippen LogP contribution in [0.1, 0.15) is 65.3 Å². The maximum absolute atomic E-state index is 13.1. The van der Waals surface area contributed by atoms with E-state index in [1.165, 1.54) is 0 Å². The van der Waals surface area contributed by atoms with Crippen LogP contribution in [0.3, 0.4) is 0 Å². The molecule has 2 aliphatic heterocycles. The molecule has 0 aliphatic carbocycles. The van der Waals surface area contributed by atoms with E-state index in [9.17, 15) is 19.2 Å². The lowest BCUT2D eigenvalue weighted by Crippen LogP contribution is -2.53. The van der Waals surface area contributed by atoms with E-state index in [1.807, 2.05) is 6.92 Å². The summed E-state index contributed by atoms with van der Waals surface area (Å²) < 4.78 is 0. The van der Waals surface area contributed by atoms with Crippen molar-refractivity contribution in [3.05, 3.63) is 34.9 Å². The monoisotopic (exact) mass is 372 g/mol. The van der Waals surface area contributed by atoms with Crippen molar-refractivity contribution < 1.29 is 24.3 Å². The number of piperidine rings is 1. The minimum absolute atomic E-state index is 0.00484. The number of aryl methyl sites for hydroxylation is 1. The lowest BCUT2D eigenvalue weighted by molar-refractivity contribution is -0.141. The molecule has 7 heteroatoms. The molecule has 0 spiro atoms. The standard InChI is InChI=1S/C20H24N2O5/c1-12-6-8-15-16(11-12)20(27)22(19(15)26)13(2)18(25)21-10-4-3-5-14(21)7-9-17(23)24/h6,8,11,13-14H,3-5,7,9-10H2,1-2H3,(H,23,24). The molecule has 1 N–H and O–H groups in total. The van der Waals surface area contributed by atoms with E-state index >= 15 is 0 Å². The van der Waals surface area contributed by atoms with Crippen LogP contribution >= 0.6 is 0 Å². The molecule has 1 aromatic carbocycles. The van der Waals surface area contributed by atoms with E-state index in [0.29, 0.717) is 24.1 Å². The molecule has 0 aromatic heterocycles. The number of nitrogens with zero attached hydrogens (tertiary/aromatic N) is 2. The van der Waals surface area contributed by atoms with Crippen molar-refractivity contribution in [1.29, 1.82) is 0 Å². The molecule has 2 aliphatic rings. The fraction of sp³-hybridized carbons (Fsp3) is 0.500. The molecule has 0 bridgehead atoms. The Morgan fingerprint density at radius 3 is 2.59 bits per heavy atom. The summed E-state index contributed by atoms with van der Waals surface area (Å²) in [4.78, 5) is 52.1. The second-order valence-corrected chi connectivity index (χ2v) is 7.32. The van der Waals surface area contributed by atoms with Gasteiger partial charge in [-0.25, -0.2) is 0 Å². The van der Waals surface area contributed by atoms with Gasteiger partial charge in [-0.1, -0.05) is 11.6 Å². The summed E-state index contributed by atoms with van der Waals surface area (Å²) in [7, 11) is 0. The average molecular weight is 372 g/mol. The number of fused-ring (bicyclic) bond motifs is 1. The highest BCUT2D eigenvalue weighted by molar-refractivity contribution is 6.22. The van der Waals surface area contributed by atoms with Crippen molar-refractivity contribution in [2.24, 2.45) is 0 Å². The fourth-order valence-corrected chi connectivity index (χ4v) is 3.96. The van der Waals surface area contributed by atoms with Gasteiger partial charge < -0.3 is 10.0 Å². The second kappa shape index (κ2) is 7.50. The van der Waals surface area contributed by atoms with Crippen molar-refractivity contribution >= 4 is 23.7 Å². The Hall–Kier alpha value is -2.70. The first-order valence-corrected chi connectivity index (χ1v) is 9.32. The molecule has 27 heavy (non-hydrogen) atoms. The highest BCUT2D eigenvalue weighted by Crippen LogP contribution is 2.28. The Kier molecular flexibility index (Phi) is 5.30. The van der Waals surface area contributed by atoms with Crippen LogP contribution in [0.2, 0.25) is 0 Å². The third-order valence-electron chi connectivity index (χ3n) is 5.42. The topological polar surface area (TPSA) is 95.0 Å². The van der Waals surface area contributed by atoms with Crippen LogP contribution in [0.5, 0.6) is 0 Å². The van der Waals surface area contributed by atoms with Crippen LogP contribution in [0, 0.1) is 6.92 Å². The van der Waals surface area contributed by atoms with Gasteiger partial charge in [0.15, 0.2) is 0 Å². The Bertz CT molecular complexity index is 804. The largest absolute Gasteiger partial charge is 0.481 e. The maximum atomic E-state index is 13.1. The summed E-state index contributed by atoms with van der Waals surface area (Å²) in [6, 6.07) is 3.99. The zero-order valence-corrected chi connectivity index (χ0v) is 15.6. The number of carbonyl (C=O) groups excluding carboxylic acids is 3. The molecule has 0 radical (unpaired) electrons. The highest BCUT2D eigenvalue weighted by Gasteiger charge is 2.43. The summed E-state index contributed by atoms with van der Waals surface area (Å²) in [5, 5.41) is 8.94. The molecule has 0 saturated carbocycles. The van der Waals surface area contributed by atoms with E-state index in [4.69, 9.17) is 5.11 Å². The molecule has 3 rings (SSSR count). The van der Waals surface area contributed by atoms with Crippen LogP contribution in [-0.2, 0) is 9.59 Å². The fourth-order valence-electron chi connectivity index (χ4n) is 3.96. The van der Waals surface area contributed by atoms with Gasteiger partial charge in [0.05, 0.1) is 11.1 Å². The van der Waals surface area contributed by atoms with Crippen LogP contribution in [-0.4, -0.2) is 57.2 Å². The summed E-state index contributed by atoms with van der Waals surface area (Å²) in [6.45, 7) is 3.94. The number of rotatable bonds is 5. The lowest BCUT2D eigenvalue weighted by atomic mass is 9.97. The number of benzene rings is 1. The normalized spacial score (nSPS) is 20.6. The van der Waals surface area contributed by atoms with Crippen molar-refractivity contribution in [3.8, 4) is 0 Å². The first-order valence-electron chi connectivity index (χ1n) is 9.32. The van der Waals surface area contributed by atoms with Gasteiger partial charge in [0.25, 0.3) is 11.8 Å². The van der Waals surface area contributed by atoms with Crippen molar-refractivity contribution in [2.45, 2.75) is 58.0 Å². The van der Waals surface area contributed by atoms with Gasteiger partial charge in [0.2, 0.25) is 5.91 Å². The van der Waals surface area contributed by atoms with Gasteiger partial charge in [0, 0.05) is 19.0 Å². The van der Waals surface area contributed by atoms with Gasteiger partial charge >= 0.3 is 5.97 Å². The van der Waals surface area contributed by atoms with Gasteiger partial charge in [-0.3, -0.25) is 24.1 Å². The molecular weight excluding hydrogens is 348 g/mol. The smallest absolute Gasteiger partial charge is 0.303 e. The number of amides is 3. The molecule has 2 heterocycles. The number of likely N-dealkylation sites (tertiary alicyclic amines) is 1. The van der Waals surface area contributed by atoms with Gasteiger partial charge in [-0.05, 0) is 51.7 Å². The average Bonchev–Trinajstić information content (AvgIpc) is 2.89. The molecule has 7 nitrogen and oxygen atoms in total. The highest BCUT2D eigenvalue weighted by atomic mass is 16.4. The quantitative estimate of drug-likeness (QED) is 0.800. The van der Waals surface area contributed by atoms with E-state index in [1.54, 1.807) is 30.0 Å². The lowest BCUT2D eigenvalue weighted by Gasteiger charge is -2.38. The van der Waals surface area contributed by atoms with Crippen LogP contribution in [0.25, 0.3) is 0 Å².